The van der Waals surface area contributed by atoms with E-state index in [4.69, 9.17) is 0 Å². The lowest BCUT2D eigenvalue weighted by Gasteiger charge is -2.26. The Morgan fingerprint density at radius 1 is 1.37 bits per heavy atom. The van der Waals surface area contributed by atoms with Gasteiger partial charge in [0.25, 0.3) is 0 Å². The van der Waals surface area contributed by atoms with Crippen molar-refractivity contribution in [2.75, 3.05) is 38.0 Å². The van der Waals surface area contributed by atoms with Crippen molar-refractivity contribution in [2.45, 2.75) is 19.8 Å². The van der Waals surface area contributed by atoms with Crippen LogP contribution < -0.4 is 10.6 Å². The van der Waals surface area contributed by atoms with Crippen LogP contribution in [0.25, 0.3) is 0 Å². The van der Waals surface area contributed by atoms with Gasteiger partial charge in [0.1, 0.15) is 0 Å². The Morgan fingerprint density at radius 3 is 2.79 bits per heavy atom. The molecule has 1 heterocycles. The predicted octanol–water partition coefficient (Wildman–Crippen LogP) is 1.65. The lowest BCUT2D eigenvalue weighted by atomic mass is 10.0. The number of benzene rings is 1. The first kappa shape index (κ1) is 14.0. The number of carbonyl (C=O) groups excluding carboxylic acids is 1. The molecule has 2 N–H and O–H groups in total. The van der Waals surface area contributed by atoms with Crippen LogP contribution >= 0.6 is 0 Å². The van der Waals surface area contributed by atoms with Crippen LogP contribution in [0, 0.1) is 0 Å². The standard InChI is InChI=1S/C15H23N3O/c1-12(2)13-4-3-5-14(10-13)17-15(19)11-18-8-6-16-7-9-18/h3-5,10,12,16H,6-9,11H2,1-2H3,(H,17,19). The van der Waals surface area contributed by atoms with E-state index in [9.17, 15) is 4.79 Å². The van der Waals surface area contributed by atoms with E-state index in [1.165, 1.54) is 5.56 Å². The topological polar surface area (TPSA) is 44.4 Å². The first-order valence-electron chi connectivity index (χ1n) is 6.98. The van der Waals surface area contributed by atoms with E-state index in [1.807, 2.05) is 12.1 Å². The maximum atomic E-state index is 12.0. The Balaban J connectivity index is 1.89. The molecule has 0 bridgehead atoms. The molecule has 0 saturated carbocycles. The van der Waals surface area contributed by atoms with E-state index < -0.39 is 0 Å². The van der Waals surface area contributed by atoms with Gasteiger partial charge in [0, 0.05) is 31.9 Å². The summed E-state index contributed by atoms with van der Waals surface area (Å²) >= 11 is 0. The molecule has 0 atom stereocenters. The molecule has 2 rings (SSSR count). The molecule has 1 amide bonds. The van der Waals surface area contributed by atoms with Crippen LogP contribution in [0.2, 0.25) is 0 Å². The van der Waals surface area contributed by atoms with Crippen LogP contribution in [0.5, 0.6) is 0 Å². The maximum Gasteiger partial charge on any atom is 0.238 e. The third-order valence-electron chi connectivity index (χ3n) is 3.41. The van der Waals surface area contributed by atoms with E-state index in [-0.39, 0.29) is 5.91 Å². The highest BCUT2D eigenvalue weighted by molar-refractivity contribution is 5.92. The van der Waals surface area contributed by atoms with Gasteiger partial charge < -0.3 is 10.6 Å². The minimum Gasteiger partial charge on any atom is -0.325 e. The van der Waals surface area contributed by atoms with Gasteiger partial charge in [-0.05, 0) is 23.6 Å². The lowest BCUT2D eigenvalue weighted by molar-refractivity contribution is -0.117. The zero-order chi connectivity index (χ0) is 13.7. The number of anilines is 1. The predicted molar refractivity (Wildman–Crippen MR) is 78.5 cm³/mol. The van der Waals surface area contributed by atoms with Crippen LogP contribution in [0.3, 0.4) is 0 Å². The van der Waals surface area contributed by atoms with Gasteiger partial charge in [0.2, 0.25) is 5.91 Å². The Bertz CT molecular complexity index is 425. The summed E-state index contributed by atoms with van der Waals surface area (Å²) in [5.41, 5.74) is 2.14. The van der Waals surface area contributed by atoms with Crippen molar-refractivity contribution >= 4 is 11.6 Å². The molecule has 19 heavy (non-hydrogen) atoms. The Morgan fingerprint density at radius 2 is 2.11 bits per heavy atom. The number of rotatable bonds is 4. The molecule has 0 radical (unpaired) electrons. The van der Waals surface area contributed by atoms with Gasteiger partial charge in [-0.3, -0.25) is 9.69 Å². The highest BCUT2D eigenvalue weighted by atomic mass is 16.2. The minimum atomic E-state index is 0.0720. The van der Waals surface area contributed by atoms with Gasteiger partial charge >= 0.3 is 0 Å². The summed E-state index contributed by atoms with van der Waals surface area (Å²) in [6, 6.07) is 8.09. The average molecular weight is 261 g/mol. The molecule has 1 aliphatic rings. The van der Waals surface area contributed by atoms with E-state index >= 15 is 0 Å². The number of nitrogens with zero attached hydrogens (tertiary/aromatic N) is 1. The summed E-state index contributed by atoms with van der Waals surface area (Å²) in [6.45, 7) is 8.61. The zero-order valence-electron chi connectivity index (χ0n) is 11.8. The average Bonchev–Trinajstić information content (AvgIpc) is 2.40. The molecule has 1 aromatic carbocycles. The first-order chi connectivity index (χ1) is 9.15. The molecule has 1 fully saturated rings. The Labute approximate surface area is 115 Å². The van der Waals surface area contributed by atoms with Gasteiger partial charge in [-0.25, -0.2) is 0 Å². The van der Waals surface area contributed by atoms with E-state index in [1.54, 1.807) is 0 Å². The van der Waals surface area contributed by atoms with Gasteiger partial charge in [0.05, 0.1) is 6.54 Å². The third-order valence-corrected chi connectivity index (χ3v) is 3.41. The second kappa shape index (κ2) is 6.68. The number of hydrogen-bond donors (Lipinski definition) is 2. The summed E-state index contributed by atoms with van der Waals surface area (Å²) in [5, 5.41) is 6.27. The molecule has 1 aliphatic heterocycles. The molecule has 1 saturated heterocycles. The molecular weight excluding hydrogens is 238 g/mol. The molecule has 0 aromatic heterocycles. The number of nitrogens with one attached hydrogen (secondary N) is 2. The molecule has 0 aliphatic carbocycles. The van der Waals surface area contributed by atoms with Gasteiger partial charge in [-0.1, -0.05) is 26.0 Å². The quantitative estimate of drug-likeness (QED) is 0.866. The van der Waals surface area contributed by atoms with E-state index in [2.05, 4.69) is 41.5 Å². The lowest BCUT2D eigenvalue weighted by Crippen LogP contribution is -2.46. The number of hydrogen-bond acceptors (Lipinski definition) is 3. The number of carbonyl (C=O) groups is 1. The van der Waals surface area contributed by atoms with Crippen molar-refractivity contribution in [2.24, 2.45) is 0 Å². The van der Waals surface area contributed by atoms with Crippen LogP contribution in [-0.4, -0.2) is 43.5 Å². The Hall–Kier alpha value is -1.39. The fourth-order valence-corrected chi connectivity index (χ4v) is 2.25. The molecule has 104 valence electrons. The summed E-state index contributed by atoms with van der Waals surface area (Å²) in [6.07, 6.45) is 0. The van der Waals surface area contributed by atoms with Crippen molar-refractivity contribution in [3.8, 4) is 0 Å². The van der Waals surface area contributed by atoms with E-state index in [0.29, 0.717) is 12.5 Å². The number of piperazine rings is 1. The second-order valence-corrected chi connectivity index (χ2v) is 5.35. The summed E-state index contributed by atoms with van der Waals surface area (Å²) in [4.78, 5) is 14.2. The molecule has 0 spiro atoms. The van der Waals surface area contributed by atoms with Crippen molar-refractivity contribution in [3.63, 3.8) is 0 Å². The third kappa shape index (κ3) is 4.33. The monoisotopic (exact) mass is 261 g/mol. The van der Waals surface area contributed by atoms with Crippen LogP contribution in [0.1, 0.15) is 25.3 Å². The van der Waals surface area contributed by atoms with Crippen LogP contribution in [-0.2, 0) is 4.79 Å². The van der Waals surface area contributed by atoms with Crippen molar-refractivity contribution < 1.29 is 4.79 Å². The molecule has 0 unspecified atom stereocenters. The van der Waals surface area contributed by atoms with Crippen LogP contribution in [0.4, 0.5) is 5.69 Å². The van der Waals surface area contributed by atoms with Crippen molar-refractivity contribution in [1.29, 1.82) is 0 Å². The second-order valence-electron chi connectivity index (χ2n) is 5.35. The normalized spacial score (nSPS) is 16.6. The summed E-state index contributed by atoms with van der Waals surface area (Å²) < 4.78 is 0. The highest BCUT2D eigenvalue weighted by Gasteiger charge is 2.13. The van der Waals surface area contributed by atoms with Gasteiger partial charge in [0.15, 0.2) is 0 Å². The zero-order valence-corrected chi connectivity index (χ0v) is 11.8. The fraction of sp³-hybridized carbons (Fsp3) is 0.533. The first-order valence-corrected chi connectivity index (χ1v) is 6.98. The molecule has 4 heteroatoms. The number of amides is 1. The maximum absolute atomic E-state index is 12.0. The minimum absolute atomic E-state index is 0.0720. The van der Waals surface area contributed by atoms with Gasteiger partial charge in [-0.15, -0.1) is 0 Å². The fourth-order valence-electron chi connectivity index (χ4n) is 2.25. The SMILES string of the molecule is CC(C)c1cccc(NC(=O)CN2CCNCC2)c1. The van der Waals surface area contributed by atoms with E-state index in [0.717, 1.165) is 31.9 Å². The smallest absolute Gasteiger partial charge is 0.238 e. The Kier molecular flexibility index (Phi) is 4.93. The summed E-state index contributed by atoms with van der Waals surface area (Å²) in [7, 11) is 0. The highest BCUT2D eigenvalue weighted by Crippen LogP contribution is 2.18. The largest absolute Gasteiger partial charge is 0.325 e. The van der Waals surface area contributed by atoms with Crippen molar-refractivity contribution in [1.82, 2.24) is 10.2 Å². The molecule has 4 nitrogen and oxygen atoms in total. The molecule has 1 aromatic rings. The summed E-state index contributed by atoms with van der Waals surface area (Å²) in [5.74, 6) is 0.549. The van der Waals surface area contributed by atoms with Crippen LogP contribution in [0.15, 0.2) is 24.3 Å². The van der Waals surface area contributed by atoms with Gasteiger partial charge in [-0.2, -0.15) is 0 Å². The van der Waals surface area contributed by atoms with Crippen molar-refractivity contribution in [3.05, 3.63) is 29.8 Å². The molecular formula is C15H23N3O.